The van der Waals surface area contributed by atoms with Crippen molar-refractivity contribution >= 4 is 50.6 Å². The first-order chi connectivity index (χ1) is 11.1. The summed E-state index contributed by atoms with van der Waals surface area (Å²) in [6.07, 6.45) is 1.65. The Morgan fingerprint density at radius 1 is 1.39 bits per heavy atom. The maximum absolute atomic E-state index is 12.3. The van der Waals surface area contributed by atoms with Crippen LogP contribution in [0.3, 0.4) is 0 Å². The molecule has 1 fully saturated rings. The third-order valence-corrected chi connectivity index (χ3v) is 5.65. The van der Waals surface area contributed by atoms with E-state index in [1.807, 2.05) is 17.5 Å². The van der Waals surface area contributed by atoms with Gasteiger partial charge >= 0.3 is 0 Å². The van der Waals surface area contributed by atoms with E-state index in [0.29, 0.717) is 11.7 Å². The highest BCUT2D eigenvalue weighted by Gasteiger charge is 2.25. The molecule has 0 aliphatic carbocycles. The molecule has 0 radical (unpaired) electrons. The topological polar surface area (TPSA) is 58.1 Å². The minimum Gasteiger partial charge on any atom is -0.355 e. The van der Waals surface area contributed by atoms with E-state index in [2.05, 4.69) is 36.3 Å². The van der Waals surface area contributed by atoms with Crippen LogP contribution in [0, 0.1) is 5.92 Å². The van der Waals surface area contributed by atoms with Gasteiger partial charge in [0.2, 0.25) is 5.91 Å². The van der Waals surface area contributed by atoms with Gasteiger partial charge in [0, 0.05) is 25.6 Å². The predicted octanol–water partition coefficient (Wildman–Crippen LogP) is 3.49. The Morgan fingerprint density at radius 3 is 2.78 bits per heavy atom. The average molecular weight is 416 g/mol. The molecule has 23 heavy (non-hydrogen) atoms. The molecule has 3 heterocycles. The van der Waals surface area contributed by atoms with Crippen molar-refractivity contribution in [2.45, 2.75) is 19.4 Å². The second kappa shape index (κ2) is 7.59. The maximum atomic E-state index is 12.3. The molecule has 1 aliphatic heterocycles. The van der Waals surface area contributed by atoms with Crippen molar-refractivity contribution in [2.24, 2.45) is 5.92 Å². The van der Waals surface area contributed by atoms with Gasteiger partial charge in [-0.25, -0.2) is 0 Å². The number of rotatable bonds is 4. The zero-order chi connectivity index (χ0) is 16.2. The second-order valence-electron chi connectivity index (χ2n) is 5.45. The van der Waals surface area contributed by atoms with Gasteiger partial charge < -0.3 is 10.2 Å². The molecule has 0 spiro atoms. The number of amides is 1. The summed E-state index contributed by atoms with van der Waals surface area (Å²) in [6, 6.07) is 5.64. The van der Waals surface area contributed by atoms with Crippen LogP contribution in [0.25, 0.3) is 0 Å². The number of aromatic nitrogens is 2. The molecule has 5 nitrogen and oxygen atoms in total. The van der Waals surface area contributed by atoms with Crippen LogP contribution >= 0.6 is 38.9 Å². The summed E-state index contributed by atoms with van der Waals surface area (Å²) in [5, 5.41) is 13.4. The van der Waals surface area contributed by atoms with E-state index in [1.54, 1.807) is 17.4 Å². The molecule has 0 saturated carbocycles. The van der Waals surface area contributed by atoms with Crippen LogP contribution < -0.4 is 10.2 Å². The number of carbonyl (C=O) groups excluding carboxylic acids is 1. The SMILES string of the molecule is O=C(NCc1csc(Br)c1)C1CCN(c2ccc(Cl)nn2)CC1. The fraction of sp³-hybridized carbons (Fsp3) is 0.400. The van der Waals surface area contributed by atoms with Crippen molar-refractivity contribution in [3.05, 3.63) is 38.1 Å². The Balaban J connectivity index is 1.48. The minimum atomic E-state index is 0.0635. The van der Waals surface area contributed by atoms with Crippen LogP contribution in [0.1, 0.15) is 18.4 Å². The van der Waals surface area contributed by atoms with Crippen LogP contribution in [0.4, 0.5) is 5.82 Å². The largest absolute Gasteiger partial charge is 0.355 e. The molecule has 0 bridgehead atoms. The molecular weight excluding hydrogens is 400 g/mol. The summed E-state index contributed by atoms with van der Waals surface area (Å²) >= 11 is 10.8. The lowest BCUT2D eigenvalue weighted by atomic mass is 9.96. The lowest BCUT2D eigenvalue weighted by Gasteiger charge is -2.31. The van der Waals surface area contributed by atoms with Gasteiger partial charge in [-0.15, -0.1) is 21.5 Å². The van der Waals surface area contributed by atoms with Gasteiger partial charge in [-0.2, -0.15) is 0 Å². The maximum Gasteiger partial charge on any atom is 0.223 e. The zero-order valence-corrected chi connectivity index (χ0v) is 15.5. The Labute approximate surface area is 152 Å². The first-order valence-corrected chi connectivity index (χ1v) is 9.41. The van der Waals surface area contributed by atoms with Crippen LogP contribution in [-0.2, 0) is 11.3 Å². The number of nitrogens with zero attached hydrogens (tertiary/aromatic N) is 3. The van der Waals surface area contributed by atoms with Gasteiger partial charge in [0.1, 0.15) is 0 Å². The highest BCUT2D eigenvalue weighted by molar-refractivity contribution is 9.11. The van der Waals surface area contributed by atoms with Crippen LogP contribution in [0.5, 0.6) is 0 Å². The second-order valence-corrected chi connectivity index (χ2v) is 8.13. The molecule has 1 saturated heterocycles. The first-order valence-electron chi connectivity index (χ1n) is 7.36. The van der Waals surface area contributed by atoms with Gasteiger partial charge in [-0.3, -0.25) is 4.79 Å². The number of hydrogen-bond acceptors (Lipinski definition) is 5. The van der Waals surface area contributed by atoms with Gasteiger partial charge in [0.15, 0.2) is 11.0 Å². The summed E-state index contributed by atoms with van der Waals surface area (Å²) in [4.78, 5) is 14.4. The van der Waals surface area contributed by atoms with Crippen molar-refractivity contribution in [2.75, 3.05) is 18.0 Å². The molecule has 2 aromatic rings. The van der Waals surface area contributed by atoms with Gasteiger partial charge in [-0.05, 0) is 57.9 Å². The number of thiophene rings is 1. The summed E-state index contributed by atoms with van der Waals surface area (Å²) in [5.41, 5.74) is 1.13. The first kappa shape index (κ1) is 16.7. The average Bonchev–Trinajstić information content (AvgIpc) is 2.99. The Morgan fingerprint density at radius 2 is 2.17 bits per heavy atom. The van der Waals surface area contributed by atoms with Gasteiger partial charge in [-0.1, -0.05) is 11.6 Å². The number of carbonyl (C=O) groups is 1. The third kappa shape index (κ3) is 4.43. The molecule has 0 atom stereocenters. The quantitative estimate of drug-likeness (QED) is 0.830. The number of anilines is 1. The standard InChI is InChI=1S/C15H16BrClN4OS/c16-12-7-10(9-23-12)8-18-15(22)11-3-5-21(6-4-11)14-2-1-13(17)19-20-14/h1-2,7,9,11H,3-6,8H2,(H,18,22). The monoisotopic (exact) mass is 414 g/mol. The van der Waals surface area contributed by atoms with E-state index in [4.69, 9.17) is 11.6 Å². The lowest BCUT2D eigenvalue weighted by molar-refractivity contribution is -0.125. The normalized spacial score (nSPS) is 15.7. The Hall–Kier alpha value is -1.18. The van der Waals surface area contributed by atoms with Crippen molar-refractivity contribution < 1.29 is 4.79 Å². The van der Waals surface area contributed by atoms with Crippen LogP contribution in [0.15, 0.2) is 27.4 Å². The van der Waals surface area contributed by atoms with Crippen molar-refractivity contribution in [1.29, 1.82) is 0 Å². The van der Waals surface area contributed by atoms with E-state index in [1.165, 1.54) is 0 Å². The highest BCUT2D eigenvalue weighted by atomic mass is 79.9. The summed E-state index contributed by atoms with van der Waals surface area (Å²) in [6.45, 7) is 2.20. The van der Waals surface area contributed by atoms with E-state index in [-0.39, 0.29) is 11.8 Å². The van der Waals surface area contributed by atoms with Gasteiger partial charge in [0.05, 0.1) is 3.79 Å². The summed E-state index contributed by atoms with van der Waals surface area (Å²) in [5.74, 6) is 1.01. The molecule has 0 unspecified atom stereocenters. The zero-order valence-electron chi connectivity index (χ0n) is 12.3. The summed E-state index contributed by atoms with van der Waals surface area (Å²) < 4.78 is 1.08. The fourth-order valence-corrected chi connectivity index (χ4v) is 3.93. The van der Waals surface area contributed by atoms with Crippen molar-refractivity contribution in [3.8, 4) is 0 Å². The van der Waals surface area contributed by atoms with Crippen molar-refractivity contribution in [1.82, 2.24) is 15.5 Å². The third-order valence-electron chi connectivity index (χ3n) is 3.90. The van der Waals surface area contributed by atoms with E-state index in [0.717, 1.165) is 41.1 Å². The van der Waals surface area contributed by atoms with E-state index in [9.17, 15) is 4.79 Å². The minimum absolute atomic E-state index is 0.0635. The Kier molecular flexibility index (Phi) is 5.50. The van der Waals surface area contributed by atoms with Gasteiger partial charge in [0.25, 0.3) is 0 Å². The Bertz CT molecular complexity index is 670. The van der Waals surface area contributed by atoms with E-state index >= 15 is 0 Å². The number of piperidine rings is 1. The number of halogens is 2. The molecule has 3 rings (SSSR count). The molecule has 0 aromatic carbocycles. The van der Waals surface area contributed by atoms with Crippen LogP contribution in [0.2, 0.25) is 5.15 Å². The predicted molar refractivity (Wildman–Crippen MR) is 95.8 cm³/mol. The molecule has 1 aliphatic rings. The van der Waals surface area contributed by atoms with E-state index < -0.39 is 0 Å². The molecule has 1 amide bonds. The highest BCUT2D eigenvalue weighted by Crippen LogP contribution is 2.23. The number of nitrogens with one attached hydrogen (secondary N) is 1. The smallest absolute Gasteiger partial charge is 0.223 e. The summed E-state index contributed by atoms with van der Waals surface area (Å²) in [7, 11) is 0. The molecule has 122 valence electrons. The lowest BCUT2D eigenvalue weighted by Crippen LogP contribution is -2.40. The molecule has 2 aromatic heterocycles. The number of hydrogen-bond donors (Lipinski definition) is 1. The van der Waals surface area contributed by atoms with Crippen LogP contribution in [-0.4, -0.2) is 29.2 Å². The molecular formula is C15H16BrClN4OS. The molecule has 1 N–H and O–H groups in total. The van der Waals surface area contributed by atoms with Crippen molar-refractivity contribution in [3.63, 3.8) is 0 Å². The fourth-order valence-electron chi connectivity index (χ4n) is 2.62. The molecule has 8 heteroatoms.